The van der Waals surface area contributed by atoms with Gasteiger partial charge in [0, 0.05) is 12.3 Å². The number of phenols is 1. The van der Waals surface area contributed by atoms with Gasteiger partial charge in [0.2, 0.25) is 0 Å². The molecular weight excluding hydrogens is 344 g/mol. The zero-order valence-corrected chi connectivity index (χ0v) is 16.6. The summed E-state index contributed by atoms with van der Waals surface area (Å²) in [6.45, 7) is 8.44. The van der Waals surface area contributed by atoms with Crippen molar-refractivity contribution in [1.82, 2.24) is 0 Å². The van der Waals surface area contributed by atoms with Crippen LogP contribution in [0.3, 0.4) is 0 Å². The molecule has 0 aromatic heterocycles. The van der Waals surface area contributed by atoms with Gasteiger partial charge in [0.1, 0.15) is 11.4 Å². The number of phenolic OH excluding ortho intramolecular Hbond substituents is 1. The first-order valence-electron chi connectivity index (χ1n) is 9.98. The van der Waals surface area contributed by atoms with E-state index in [0.29, 0.717) is 12.0 Å². The average molecular weight is 374 g/mol. The van der Waals surface area contributed by atoms with Gasteiger partial charge in [0.05, 0.1) is 23.4 Å². The van der Waals surface area contributed by atoms with Crippen LogP contribution in [-0.2, 0) is 9.47 Å². The number of carbonyl (C=O) groups excluding carboxylic acids is 1. The Labute approximate surface area is 160 Å². The molecule has 5 heteroatoms. The van der Waals surface area contributed by atoms with Gasteiger partial charge in [0.25, 0.3) is 0 Å². The van der Waals surface area contributed by atoms with Crippen molar-refractivity contribution in [3.05, 3.63) is 29.8 Å². The van der Waals surface area contributed by atoms with E-state index < -0.39 is 17.7 Å². The highest BCUT2D eigenvalue weighted by Gasteiger charge is 2.68. The smallest absolute Gasteiger partial charge is 0.338 e. The zero-order chi connectivity index (χ0) is 19.6. The highest BCUT2D eigenvalue weighted by molar-refractivity contribution is 5.89. The lowest BCUT2D eigenvalue weighted by Crippen LogP contribution is -2.52. The molecule has 5 nitrogen and oxygen atoms in total. The fourth-order valence-electron chi connectivity index (χ4n) is 5.79. The lowest BCUT2D eigenvalue weighted by Gasteiger charge is -2.45. The summed E-state index contributed by atoms with van der Waals surface area (Å²) in [5.74, 6) is -0.301. The molecule has 1 saturated heterocycles. The quantitative estimate of drug-likeness (QED) is 0.623. The first kappa shape index (κ1) is 18.8. The molecule has 2 aliphatic carbocycles. The van der Waals surface area contributed by atoms with Crippen molar-refractivity contribution in [2.24, 2.45) is 17.3 Å². The third-order valence-corrected chi connectivity index (χ3v) is 7.41. The molecule has 27 heavy (non-hydrogen) atoms. The van der Waals surface area contributed by atoms with E-state index in [-0.39, 0.29) is 34.7 Å². The first-order valence-corrected chi connectivity index (χ1v) is 9.98. The summed E-state index contributed by atoms with van der Waals surface area (Å²) in [6, 6.07) is 6.13. The van der Waals surface area contributed by atoms with E-state index in [0.717, 1.165) is 19.3 Å². The Morgan fingerprint density at radius 2 is 1.85 bits per heavy atom. The number of carbonyl (C=O) groups is 1. The van der Waals surface area contributed by atoms with Crippen LogP contribution in [0.4, 0.5) is 0 Å². The number of aliphatic hydroxyl groups is 1. The molecule has 1 heterocycles. The Hall–Kier alpha value is -1.59. The van der Waals surface area contributed by atoms with Crippen LogP contribution in [0.2, 0.25) is 0 Å². The summed E-state index contributed by atoms with van der Waals surface area (Å²) in [5, 5.41) is 20.7. The number of aromatic hydroxyl groups is 1. The number of aliphatic hydroxyl groups excluding tert-OH is 1. The second kappa shape index (κ2) is 5.95. The van der Waals surface area contributed by atoms with Gasteiger partial charge in [0.15, 0.2) is 0 Å². The highest BCUT2D eigenvalue weighted by Crippen LogP contribution is 2.64. The lowest BCUT2D eigenvalue weighted by molar-refractivity contribution is -0.124. The molecule has 0 unspecified atom stereocenters. The standard InChI is InChI=1S/C22H30O5/c1-13(2)22(27-19(25)14-5-7-15(23)8-6-14)10-9-20(3)12-17-21(4,26-17)11-16(24)18(20)22/h5-8,13,16-18,23-24H,9-12H2,1-4H3/t16-,17-,18-,20+,21+,22+/m0/s1. The molecule has 2 N–H and O–H groups in total. The molecular formula is C22H30O5. The van der Waals surface area contributed by atoms with Gasteiger partial charge < -0.3 is 19.7 Å². The number of ether oxygens (including phenoxy) is 2. The van der Waals surface area contributed by atoms with Crippen molar-refractivity contribution in [2.45, 2.75) is 76.8 Å². The molecule has 0 radical (unpaired) electrons. The van der Waals surface area contributed by atoms with Crippen LogP contribution in [0.1, 0.15) is 63.7 Å². The van der Waals surface area contributed by atoms with Gasteiger partial charge in [-0.2, -0.15) is 0 Å². The van der Waals surface area contributed by atoms with Gasteiger partial charge in [-0.05, 0) is 61.8 Å². The Morgan fingerprint density at radius 1 is 1.19 bits per heavy atom. The number of epoxide rings is 1. The van der Waals surface area contributed by atoms with Crippen LogP contribution < -0.4 is 0 Å². The predicted molar refractivity (Wildman–Crippen MR) is 100 cm³/mol. The molecule has 0 amide bonds. The van der Waals surface area contributed by atoms with Crippen molar-refractivity contribution in [2.75, 3.05) is 0 Å². The van der Waals surface area contributed by atoms with E-state index in [1.165, 1.54) is 12.1 Å². The molecule has 3 fully saturated rings. The Balaban J connectivity index is 1.67. The van der Waals surface area contributed by atoms with Crippen molar-refractivity contribution in [1.29, 1.82) is 0 Å². The van der Waals surface area contributed by atoms with Crippen molar-refractivity contribution < 1.29 is 24.5 Å². The molecule has 148 valence electrons. The monoisotopic (exact) mass is 374 g/mol. The molecule has 6 atom stereocenters. The van der Waals surface area contributed by atoms with Gasteiger partial charge >= 0.3 is 5.97 Å². The molecule has 0 spiro atoms. The summed E-state index contributed by atoms with van der Waals surface area (Å²) in [5.41, 5.74) is -0.632. The fourth-order valence-corrected chi connectivity index (χ4v) is 5.79. The third-order valence-electron chi connectivity index (χ3n) is 7.41. The maximum atomic E-state index is 12.9. The summed E-state index contributed by atoms with van der Waals surface area (Å²) in [7, 11) is 0. The molecule has 0 bridgehead atoms. The SMILES string of the molecule is CC(C)[C@]1(OC(=O)c2ccc(O)cc2)CC[C@]2(C)C[C@@H]3O[C@]3(C)C[C@H](O)[C@@H]21. The van der Waals surface area contributed by atoms with Crippen LogP contribution in [0.5, 0.6) is 5.75 Å². The molecule has 2 saturated carbocycles. The number of fused-ring (bicyclic) bond motifs is 2. The summed E-state index contributed by atoms with van der Waals surface area (Å²) in [6.07, 6.45) is 2.77. The van der Waals surface area contributed by atoms with Crippen molar-refractivity contribution in [3.63, 3.8) is 0 Å². The normalized spacial score (nSPS) is 43.0. The first-order chi connectivity index (χ1) is 12.6. The van der Waals surface area contributed by atoms with E-state index in [9.17, 15) is 15.0 Å². The van der Waals surface area contributed by atoms with Crippen LogP contribution in [-0.4, -0.2) is 39.6 Å². The van der Waals surface area contributed by atoms with Crippen molar-refractivity contribution in [3.8, 4) is 5.75 Å². The number of esters is 1. The van der Waals surface area contributed by atoms with Crippen LogP contribution in [0.15, 0.2) is 24.3 Å². The maximum absolute atomic E-state index is 12.9. The number of hydrogen-bond donors (Lipinski definition) is 2. The van der Waals surface area contributed by atoms with Gasteiger partial charge in [-0.1, -0.05) is 20.8 Å². The van der Waals surface area contributed by atoms with Crippen LogP contribution >= 0.6 is 0 Å². The van der Waals surface area contributed by atoms with Crippen molar-refractivity contribution >= 4 is 5.97 Å². The van der Waals surface area contributed by atoms with E-state index >= 15 is 0 Å². The maximum Gasteiger partial charge on any atom is 0.338 e. The second-order valence-corrected chi connectivity index (χ2v) is 9.57. The van der Waals surface area contributed by atoms with Gasteiger partial charge in [-0.3, -0.25) is 0 Å². The topological polar surface area (TPSA) is 79.3 Å². The van der Waals surface area contributed by atoms with E-state index in [2.05, 4.69) is 27.7 Å². The minimum Gasteiger partial charge on any atom is -0.508 e. The lowest BCUT2D eigenvalue weighted by atomic mass is 9.67. The summed E-state index contributed by atoms with van der Waals surface area (Å²) in [4.78, 5) is 12.9. The summed E-state index contributed by atoms with van der Waals surface area (Å²) >= 11 is 0. The Kier molecular flexibility index (Phi) is 4.13. The second-order valence-electron chi connectivity index (χ2n) is 9.57. The van der Waals surface area contributed by atoms with E-state index in [4.69, 9.17) is 9.47 Å². The highest BCUT2D eigenvalue weighted by atomic mass is 16.6. The number of benzene rings is 1. The third kappa shape index (κ3) is 2.87. The minimum atomic E-state index is -0.698. The zero-order valence-electron chi connectivity index (χ0n) is 16.6. The average Bonchev–Trinajstić information content (AvgIpc) is 3.10. The number of hydrogen-bond acceptors (Lipinski definition) is 5. The van der Waals surface area contributed by atoms with E-state index in [1.54, 1.807) is 12.1 Å². The summed E-state index contributed by atoms with van der Waals surface area (Å²) < 4.78 is 12.1. The molecule has 3 aliphatic rings. The fraction of sp³-hybridized carbons (Fsp3) is 0.682. The molecule has 1 aromatic carbocycles. The predicted octanol–water partition coefficient (Wildman–Crippen LogP) is 3.67. The largest absolute Gasteiger partial charge is 0.508 e. The Bertz CT molecular complexity index is 744. The molecule has 1 aromatic rings. The number of rotatable bonds is 3. The Morgan fingerprint density at radius 3 is 2.48 bits per heavy atom. The van der Waals surface area contributed by atoms with Gasteiger partial charge in [-0.25, -0.2) is 4.79 Å². The minimum absolute atomic E-state index is 0.0863. The molecule has 4 rings (SSSR count). The van der Waals surface area contributed by atoms with Crippen LogP contribution in [0.25, 0.3) is 0 Å². The van der Waals surface area contributed by atoms with Gasteiger partial charge in [-0.15, -0.1) is 0 Å². The molecule has 1 aliphatic heterocycles. The van der Waals surface area contributed by atoms with E-state index in [1.807, 2.05) is 0 Å². The van der Waals surface area contributed by atoms with Crippen LogP contribution in [0, 0.1) is 17.3 Å².